The normalized spacial score (nSPS) is 16.5. The fourth-order valence-electron chi connectivity index (χ4n) is 2.63. The molecule has 0 atom stereocenters. The number of rotatable bonds is 5. The zero-order chi connectivity index (χ0) is 14.7. The summed E-state index contributed by atoms with van der Waals surface area (Å²) >= 11 is 7.70. The first-order chi connectivity index (χ1) is 10.2. The monoisotopic (exact) mass is 359 g/mol. The molecule has 1 aromatic heterocycles. The lowest BCUT2D eigenvalue weighted by atomic mass is 9.99. The molecule has 2 aromatic rings. The molecular formula is C15H19Cl2N3OS. The summed E-state index contributed by atoms with van der Waals surface area (Å²) in [5, 5.41) is 4.83. The van der Waals surface area contributed by atoms with Gasteiger partial charge in [0.15, 0.2) is 5.82 Å². The summed E-state index contributed by atoms with van der Waals surface area (Å²) in [6.07, 6.45) is 4.18. The van der Waals surface area contributed by atoms with Gasteiger partial charge in [-0.15, -0.1) is 24.2 Å². The standard InChI is InChI=1S/C15H18ClN3OS.ClH/c16-12-5-3-4-11(8-12)9-21-10-13-18-14(19-20-13)15(17)6-1-2-7-15;/h3-5,8H,1-2,6-7,9-10,17H2;1H. The Morgan fingerprint density at radius 1 is 1.27 bits per heavy atom. The second-order valence-corrected chi connectivity index (χ2v) is 6.92. The van der Waals surface area contributed by atoms with Gasteiger partial charge in [0.2, 0.25) is 5.89 Å². The van der Waals surface area contributed by atoms with Gasteiger partial charge in [-0.25, -0.2) is 0 Å². The van der Waals surface area contributed by atoms with Gasteiger partial charge in [-0.2, -0.15) is 4.98 Å². The molecule has 7 heteroatoms. The lowest BCUT2D eigenvalue weighted by Crippen LogP contribution is -2.34. The van der Waals surface area contributed by atoms with Crippen molar-refractivity contribution in [3.05, 3.63) is 46.6 Å². The number of hydrogen-bond acceptors (Lipinski definition) is 5. The van der Waals surface area contributed by atoms with Gasteiger partial charge in [-0.1, -0.05) is 41.7 Å². The van der Waals surface area contributed by atoms with Crippen molar-refractivity contribution in [3.63, 3.8) is 0 Å². The van der Waals surface area contributed by atoms with Crippen molar-refractivity contribution >= 4 is 35.8 Å². The Labute approximate surface area is 145 Å². The maximum Gasteiger partial charge on any atom is 0.236 e. The zero-order valence-electron chi connectivity index (χ0n) is 12.1. The van der Waals surface area contributed by atoms with Gasteiger partial charge in [-0.05, 0) is 30.5 Å². The topological polar surface area (TPSA) is 64.9 Å². The lowest BCUT2D eigenvalue weighted by molar-refractivity contribution is 0.355. The van der Waals surface area contributed by atoms with E-state index in [-0.39, 0.29) is 17.9 Å². The van der Waals surface area contributed by atoms with Gasteiger partial charge in [0.05, 0.1) is 11.3 Å². The van der Waals surface area contributed by atoms with Gasteiger partial charge in [-0.3, -0.25) is 0 Å². The molecule has 1 saturated carbocycles. The number of halogens is 2. The summed E-state index contributed by atoms with van der Waals surface area (Å²) in [5.74, 6) is 2.87. The summed E-state index contributed by atoms with van der Waals surface area (Å²) < 4.78 is 5.32. The summed E-state index contributed by atoms with van der Waals surface area (Å²) in [6, 6.07) is 7.87. The first-order valence-corrected chi connectivity index (χ1v) is 8.63. The molecule has 1 aromatic carbocycles. The van der Waals surface area contributed by atoms with Gasteiger partial charge in [0.25, 0.3) is 0 Å². The van der Waals surface area contributed by atoms with Crippen LogP contribution >= 0.6 is 35.8 Å². The van der Waals surface area contributed by atoms with Crippen molar-refractivity contribution in [3.8, 4) is 0 Å². The van der Waals surface area contributed by atoms with Crippen molar-refractivity contribution in [1.82, 2.24) is 10.1 Å². The van der Waals surface area contributed by atoms with E-state index in [0.717, 1.165) is 36.5 Å². The van der Waals surface area contributed by atoms with E-state index >= 15 is 0 Å². The number of aromatic nitrogens is 2. The highest BCUT2D eigenvalue weighted by molar-refractivity contribution is 7.97. The van der Waals surface area contributed by atoms with Gasteiger partial charge in [0.1, 0.15) is 0 Å². The Bertz CT molecular complexity index is 614. The van der Waals surface area contributed by atoms with Crippen molar-refractivity contribution in [2.24, 2.45) is 5.73 Å². The molecular weight excluding hydrogens is 341 g/mol. The zero-order valence-corrected chi connectivity index (χ0v) is 14.5. The summed E-state index contributed by atoms with van der Waals surface area (Å²) in [7, 11) is 0. The van der Waals surface area contributed by atoms with Crippen LogP contribution in [0.3, 0.4) is 0 Å². The third-order valence-electron chi connectivity index (χ3n) is 3.79. The molecule has 0 aliphatic heterocycles. The maximum absolute atomic E-state index is 6.32. The summed E-state index contributed by atoms with van der Waals surface area (Å²) in [6.45, 7) is 0. The van der Waals surface area contributed by atoms with Crippen molar-refractivity contribution in [2.45, 2.75) is 42.7 Å². The Morgan fingerprint density at radius 2 is 2.05 bits per heavy atom. The molecule has 4 nitrogen and oxygen atoms in total. The third-order valence-corrected chi connectivity index (χ3v) is 5.02. The number of hydrogen-bond donors (Lipinski definition) is 1. The number of benzene rings is 1. The fraction of sp³-hybridized carbons (Fsp3) is 0.467. The molecule has 0 amide bonds. The molecule has 22 heavy (non-hydrogen) atoms. The first-order valence-electron chi connectivity index (χ1n) is 7.10. The quantitative estimate of drug-likeness (QED) is 0.861. The average Bonchev–Trinajstić information content (AvgIpc) is 3.09. The smallest absolute Gasteiger partial charge is 0.236 e. The maximum atomic E-state index is 6.32. The van der Waals surface area contributed by atoms with E-state index in [1.807, 2.05) is 18.2 Å². The van der Waals surface area contributed by atoms with Crippen LogP contribution in [-0.2, 0) is 17.0 Å². The van der Waals surface area contributed by atoms with E-state index in [9.17, 15) is 0 Å². The van der Waals surface area contributed by atoms with Crippen molar-refractivity contribution in [1.29, 1.82) is 0 Å². The minimum absolute atomic E-state index is 0. The Morgan fingerprint density at radius 3 is 2.77 bits per heavy atom. The fourth-order valence-corrected chi connectivity index (χ4v) is 3.65. The van der Waals surface area contributed by atoms with Crippen LogP contribution in [0.5, 0.6) is 0 Å². The SMILES string of the molecule is Cl.NC1(c2noc(CSCc3cccc(Cl)c3)n2)CCCC1. The minimum Gasteiger partial charge on any atom is -0.338 e. The van der Waals surface area contributed by atoms with Crippen LogP contribution < -0.4 is 5.73 Å². The van der Waals surface area contributed by atoms with Crippen molar-refractivity contribution in [2.75, 3.05) is 0 Å². The molecule has 0 spiro atoms. The van der Waals surface area contributed by atoms with Gasteiger partial charge in [0, 0.05) is 10.8 Å². The molecule has 1 aliphatic carbocycles. The van der Waals surface area contributed by atoms with E-state index in [1.54, 1.807) is 11.8 Å². The molecule has 0 radical (unpaired) electrons. The molecule has 0 saturated heterocycles. The minimum atomic E-state index is -0.376. The Balaban J connectivity index is 0.00000176. The molecule has 1 aliphatic rings. The van der Waals surface area contributed by atoms with E-state index in [4.69, 9.17) is 21.9 Å². The molecule has 1 fully saturated rings. The number of thioether (sulfide) groups is 1. The second-order valence-electron chi connectivity index (χ2n) is 5.50. The highest BCUT2D eigenvalue weighted by Gasteiger charge is 2.35. The van der Waals surface area contributed by atoms with Crippen LogP contribution in [-0.4, -0.2) is 10.1 Å². The van der Waals surface area contributed by atoms with Crippen LogP contribution in [0.15, 0.2) is 28.8 Å². The second kappa shape index (κ2) is 7.68. The van der Waals surface area contributed by atoms with Crippen LogP contribution in [0.25, 0.3) is 0 Å². The highest BCUT2D eigenvalue weighted by Crippen LogP contribution is 2.34. The average molecular weight is 360 g/mol. The van der Waals surface area contributed by atoms with E-state index in [1.165, 1.54) is 5.56 Å². The van der Waals surface area contributed by atoms with Crippen LogP contribution in [0, 0.1) is 0 Å². The number of nitrogens with two attached hydrogens (primary N) is 1. The third kappa shape index (κ3) is 4.16. The van der Waals surface area contributed by atoms with Crippen LogP contribution in [0.1, 0.15) is 43.0 Å². The molecule has 120 valence electrons. The van der Waals surface area contributed by atoms with Crippen LogP contribution in [0.4, 0.5) is 0 Å². The molecule has 0 unspecified atom stereocenters. The van der Waals surface area contributed by atoms with E-state index in [2.05, 4.69) is 16.2 Å². The number of nitrogens with zero attached hydrogens (tertiary/aromatic N) is 2. The van der Waals surface area contributed by atoms with E-state index < -0.39 is 0 Å². The van der Waals surface area contributed by atoms with Gasteiger partial charge >= 0.3 is 0 Å². The molecule has 2 N–H and O–H groups in total. The summed E-state index contributed by atoms with van der Waals surface area (Å²) in [4.78, 5) is 4.46. The molecule has 3 rings (SSSR count). The first kappa shape index (κ1) is 17.6. The predicted molar refractivity (Wildman–Crippen MR) is 92.3 cm³/mol. The van der Waals surface area contributed by atoms with Crippen molar-refractivity contribution < 1.29 is 4.52 Å². The molecule has 1 heterocycles. The lowest BCUT2D eigenvalue weighted by Gasteiger charge is -2.17. The largest absolute Gasteiger partial charge is 0.338 e. The van der Waals surface area contributed by atoms with E-state index in [0.29, 0.717) is 17.5 Å². The Kier molecular flexibility index (Phi) is 6.15. The van der Waals surface area contributed by atoms with Crippen LogP contribution in [0.2, 0.25) is 5.02 Å². The molecule has 0 bridgehead atoms. The highest BCUT2D eigenvalue weighted by atomic mass is 35.5. The predicted octanol–water partition coefficient (Wildman–Crippen LogP) is 4.31. The Hall–Kier alpha value is -0.750. The summed E-state index contributed by atoms with van der Waals surface area (Å²) in [5.41, 5.74) is 7.14. The van der Waals surface area contributed by atoms with Gasteiger partial charge < -0.3 is 10.3 Å².